The minimum absolute atomic E-state index is 0.139. The number of ether oxygens (including phenoxy) is 3. The van der Waals surface area contributed by atoms with E-state index in [1.165, 1.54) is 0 Å². The van der Waals surface area contributed by atoms with Crippen LogP contribution in [0.4, 0.5) is 0 Å². The predicted octanol–water partition coefficient (Wildman–Crippen LogP) is 5.22. The van der Waals surface area contributed by atoms with Crippen molar-refractivity contribution < 1.29 is 23.4 Å². The van der Waals surface area contributed by atoms with E-state index in [0.29, 0.717) is 32.5 Å². The number of para-hydroxylation sites is 2. The van der Waals surface area contributed by atoms with Gasteiger partial charge in [-0.15, -0.1) is 0 Å². The lowest BCUT2D eigenvalue weighted by atomic mass is 10.1. The van der Waals surface area contributed by atoms with Gasteiger partial charge in [-0.1, -0.05) is 30.3 Å². The monoisotopic (exact) mass is 480 g/mol. The van der Waals surface area contributed by atoms with Crippen LogP contribution in [-0.4, -0.2) is 19.7 Å². The molecule has 0 saturated heterocycles. The standard InChI is InChI=1S/C24H17BrO6/c1-28-20-12-11-15(13-18(20)25)23-24(22(27)17-9-5-6-10-19(17)30-23)31-21(26)14-29-16-7-3-2-4-8-16/h2-13H,14H2,1H3. The van der Waals surface area contributed by atoms with Gasteiger partial charge >= 0.3 is 5.97 Å². The number of carbonyl (C=O) groups is 1. The third-order valence-corrected chi connectivity index (χ3v) is 5.11. The summed E-state index contributed by atoms with van der Waals surface area (Å²) in [6.07, 6.45) is 0. The quantitative estimate of drug-likeness (QED) is 0.352. The van der Waals surface area contributed by atoms with E-state index < -0.39 is 11.4 Å². The van der Waals surface area contributed by atoms with Crippen LogP contribution in [0.15, 0.2) is 86.5 Å². The van der Waals surface area contributed by atoms with Crippen LogP contribution in [0.3, 0.4) is 0 Å². The highest BCUT2D eigenvalue weighted by molar-refractivity contribution is 9.10. The Morgan fingerprint density at radius 1 is 1.00 bits per heavy atom. The van der Waals surface area contributed by atoms with Crippen molar-refractivity contribution in [1.29, 1.82) is 0 Å². The van der Waals surface area contributed by atoms with Gasteiger partial charge in [0.25, 0.3) is 0 Å². The average molecular weight is 481 g/mol. The van der Waals surface area contributed by atoms with Gasteiger partial charge in [-0.05, 0) is 58.4 Å². The molecule has 31 heavy (non-hydrogen) atoms. The molecule has 7 heteroatoms. The molecule has 0 aliphatic carbocycles. The fourth-order valence-corrected chi connectivity index (χ4v) is 3.56. The zero-order chi connectivity index (χ0) is 21.8. The average Bonchev–Trinajstić information content (AvgIpc) is 2.80. The fraction of sp³-hybridized carbons (Fsp3) is 0.0833. The molecule has 0 aliphatic heterocycles. The van der Waals surface area contributed by atoms with Gasteiger partial charge in [-0.25, -0.2) is 4.79 Å². The SMILES string of the molecule is COc1ccc(-c2oc3ccccc3c(=O)c2OC(=O)COc2ccccc2)cc1Br. The Morgan fingerprint density at radius 2 is 1.74 bits per heavy atom. The number of methoxy groups -OCH3 is 1. The van der Waals surface area contributed by atoms with E-state index >= 15 is 0 Å². The first-order valence-electron chi connectivity index (χ1n) is 9.35. The molecule has 0 spiro atoms. The molecule has 0 N–H and O–H groups in total. The van der Waals surface area contributed by atoms with Gasteiger partial charge in [0.2, 0.25) is 11.2 Å². The van der Waals surface area contributed by atoms with Gasteiger partial charge in [0.05, 0.1) is 17.0 Å². The van der Waals surface area contributed by atoms with E-state index in [9.17, 15) is 9.59 Å². The maximum atomic E-state index is 13.1. The van der Waals surface area contributed by atoms with Crippen LogP contribution >= 0.6 is 15.9 Å². The summed E-state index contributed by atoms with van der Waals surface area (Å²) in [5.41, 5.74) is 0.480. The molecule has 0 amide bonds. The second-order valence-corrected chi connectivity index (χ2v) is 7.37. The lowest BCUT2D eigenvalue weighted by Crippen LogP contribution is -2.21. The second kappa shape index (κ2) is 9.06. The zero-order valence-electron chi connectivity index (χ0n) is 16.5. The van der Waals surface area contributed by atoms with Crippen LogP contribution in [0, 0.1) is 0 Å². The number of hydrogen-bond donors (Lipinski definition) is 0. The molecular formula is C24H17BrO6. The lowest BCUT2D eigenvalue weighted by Gasteiger charge is -2.12. The third kappa shape index (κ3) is 4.46. The zero-order valence-corrected chi connectivity index (χ0v) is 18.0. The lowest BCUT2D eigenvalue weighted by molar-refractivity contribution is -0.136. The molecule has 1 heterocycles. The van der Waals surface area contributed by atoms with Crippen molar-refractivity contribution in [1.82, 2.24) is 0 Å². The minimum Gasteiger partial charge on any atom is -0.496 e. The van der Waals surface area contributed by atoms with E-state index in [-0.39, 0.29) is 18.1 Å². The fourth-order valence-electron chi connectivity index (χ4n) is 3.02. The molecule has 6 nitrogen and oxygen atoms in total. The Kier molecular flexibility index (Phi) is 6.04. The molecular weight excluding hydrogens is 464 g/mol. The van der Waals surface area contributed by atoms with Crippen LogP contribution in [-0.2, 0) is 4.79 Å². The summed E-state index contributed by atoms with van der Waals surface area (Å²) in [6, 6.07) is 20.8. The maximum absolute atomic E-state index is 13.1. The van der Waals surface area contributed by atoms with Crippen LogP contribution in [0.25, 0.3) is 22.3 Å². The Morgan fingerprint density at radius 3 is 2.48 bits per heavy atom. The predicted molar refractivity (Wildman–Crippen MR) is 120 cm³/mol. The number of halogens is 1. The van der Waals surface area contributed by atoms with Crippen molar-refractivity contribution in [3.8, 4) is 28.6 Å². The Labute approximate surface area is 186 Å². The molecule has 0 fully saturated rings. The highest BCUT2D eigenvalue weighted by atomic mass is 79.9. The van der Waals surface area contributed by atoms with Crippen LogP contribution in [0.1, 0.15) is 0 Å². The Bertz CT molecular complexity index is 1300. The molecule has 1 aromatic heterocycles. The summed E-state index contributed by atoms with van der Waals surface area (Å²) >= 11 is 3.43. The minimum atomic E-state index is -0.722. The maximum Gasteiger partial charge on any atom is 0.349 e. The number of hydrogen-bond acceptors (Lipinski definition) is 6. The summed E-state index contributed by atoms with van der Waals surface area (Å²) in [4.78, 5) is 25.6. The topological polar surface area (TPSA) is 75.0 Å². The molecule has 4 rings (SSSR count). The number of esters is 1. The van der Waals surface area contributed by atoms with Gasteiger partial charge in [0.1, 0.15) is 17.1 Å². The normalized spacial score (nSPS) is 10.6. The summed E-state index contributed by atoms with van der Waals surface area (Å²) in [6.45, 7) is -0.359. The first-order chi connectivity index (χ1) is 15.1. The van der Waals surface area contributed by atoms with Crippen LogP contribution < -0.4 is 19.6 Å². The first-order valence-corrected chi connectivity index (χ1v) is 10.1. The van der Waals surface area contributed by atoms with Crippen molar-refractivity contribution in [3.05, 3.63) is 87.5 Å². The summed E-state index contributed by atoms with van der Waals surface area (Å²) in [5, 5.41) is 0.311. The Hall–Kier alpha value is -3.58. The van der Waals surface area contributed by atoms with E-state index in [1.807, 2.05) is 6.07 Å². The van der Waals surface area contributed by atoms with Crippen molar-refractivity contribution in [2.24, 2.45) is 0 Å². The molecule has 156 valence electrons. The number of rotatable bonds is 6. The van der Waals surface area contributed by atoms with Gasteiger partial charge < -0.3 is 18.6 Å². The van der Waals surface area contributed by atoms with Crippen molar-refractivity contribution in [2.45, 2.75) is 0 Å². The number of benzene rings is 3. The van der Waals surface area contributed by atoms with E-state index in [0.717, 1.165) is 0 Å². The van der Waals surface area contributed by atoms with Gasteiger partial charge in [0.15, 0.2) is 12.4 Å². The largest absolute Gasteiger partial charge is 0.496 e. The summed E-state index contributed by atoms with van der Waals surface area (Å²) in [7, 11) is 1.55. The van der Waals surface area contributed by atoms with E-state index in [4.69, 9.17) is 18.6 Å². The Balaban J connectivity index is 1.73. The van der Waals surface area contributed by atoms with Crippen molar-refractivity contribution in [2.75, 3.05) is 13.7 Å². The van der Waals surface area contributed by atoms with Gasteiger partial charge in [0, 0.05) is 5.56 Å². The second-order valence-electron chi connectivity index (χ2n) is 6.51. The van der Waals surface area contributed by atoms with Crippen LogP contribution in [0.2, 0.25) is 0 Å². The highest BCUT2D eigenvalue weighted by Crippen LogP contribution is 2.35. The molecule has 0 bridgehead atoms. The van der Waals surface area contributed by atoms with Crippen molar-refractivity contribution in [3.63, 3.8) is 0 Å². The summed E-state index contributed by atoms with van der Waals surface area (Å²) in [5.74, 6) is 0.351. The molecule has 0 atom stereocenters. The van der Waals surface area contributed by atoms with Gasteiger partial charge in [-0.3, -0.25) is 4.79 Å². The number of fused-ring (bicyclic) bond motifs is 1. The molecule has 0 saturated carbocycles. The van der Waals surface area contributed by atoms with Crippen LogP contribution in [0.5, 0.6) is 17.2 Å². The third-order valence-electron chi connectivity index (χ3n) is 4.49. The molecule has 3 aromatic carbocycles. The van der Waals surface area contributed by atoms with Crippen molar-refractivity contribution >= 4 is 32.9 Å². The number of carbonyl (C=O) groups excluding carboxylic acids is 1. The molecule has 0 aliphatic rings. The summed E-state index contributed by atoms with van der Waals surface area (Å²) < 4.78 is 22.8. The highest BCUT2D eigenvalue weighted by Gasteiger charge is 2.21. The molecule has 4 aromatic rings. The first kappa shape index (κ1) is 20.7. The molecule has 0 radical (unpaired) electrons. The molecule has 0 unspecified atom stereocenters. The van der Waals surface area contributed by atoms with Gasteiger partial charge in [-0.2, -0.15) is 0 Å². The smallest absolute Gasteiger partial charge is 0.349 e. The van der Waals surface area contributed by atoms with E-state index in [1.54, 1.807) is 73.8 Å². The van der Waals surface area contributed by atoms with E-state index in [2.05, 4.69) is 15.9 Å².